The summed E-state index contributed by atoms with van der Waals surface area (Å²) in [6, 6.07) is 9.45. The van der Waals surface area contributed by atoms with E-state index in [1.165, 1.54) is 7.11 Å². The predicted octanol–water partition coefficient (Wildman–Crippen LogP) is 2.16. The van der Waals surface area contributed by atoms with Crippen LogP contribution in [0.15, 0.2) is 30.3 Å². The third-order valence-electron chi connectivity index (χ3n) is 5.99. The second kappa shape index (κ2) is 8.63. The van der Waals surface area contributed by atoms with Crippen LogP contribution < -0.4 is 5.32 Å². The first kappa shape index (κ1) is 20.2. The highest BCUT2D eigenvalue weighted by molar-refractivity contribution is 5.85. The second-order valence-corrected chi connectivity index (χ2v) is 7.92. The molecule has 0 bridgehead atoms. The molecule has 2 aliphatic rings. The molecule has 7 nitrogen and oxygen atoms in total. The predicted molar refractivity (Wildman–Crippen MR) is 104 cm³/mol. The van der Waals surface area contributed by atoms with Gasteiger partial charge in [-0.15, -0.1) is 0 Å². The number of likely N-dealkylation sites (tertiary alicyclic amines) is 2. The summed E-state index contributed by atoms with van der Waals surface area (Å²) in [4.78, 5) is 40.1. The van der Waals surface area contributed by atoms with Gasteiger partial charge in [0, 0.05) is 32.6 Å². The van der Waals surface area contributed by atoms with Gasteiger partial charge in [-0.05, 0) is 37.2 Å². The van der Waals surface area contributed by atoms with Gasteiger partial charge in [0.25, 0.3) is 0 Å². The van der Waals surface area contributed by atoms with Crippen LogP contribution in [0.3, 0.4) is 0 Å². The highest BCUT2D eigenvalue weighted by Gasteiger charge is 2.42. The molecule has 1 aromatic carbocycles. The Balaban J connectivity index is 1.57. The Bertz CT molecular complexity index is 714. The van der Waals surface area contributed by atoms with Crippen LogP contribution in [-0.2, 0) is 20.9 Å². The first-order valence-corrected chi connectivity index (χ1v) is 9.87. The van der Waals surface area contributed by atoms with Gasteiger partial charge in [-0.1, -0.05) is 30.3 Å². The van der Waals surface area contributed by atoms with Crippen molar-refractivity contribution in [3.63, 3.8) is 0 Å². The molecule has 2 saturated heterocycles. The van der Waals surface area contributed by atoms with E-state index < -0.39 is 12.1 Å². The molecular weight excluding hydrogens is 358 g/mol. The van der Waals surface area contributed by atoms with E-state index in [0.29, 0.717) is 26.1 Å². The standard InChI is InChI=1S/C21H29N3O4/c1-16(22-20(27)28-2)19(26)23-12-10-21(11-13-23)9-8-18(25)24(15-21)14-17-6-4-3-5-7-17/h3-7,16H,8-15H2,1-2H3,(H,22,27). The van der Waals surface area contributed by atoms with Gasteiger partial charge in [0.05, 0.1) is 7.11 Å². The van der Waals surface area contributed by atoms with Crippen molar-refractivity contribution >= 4 is 17.9 Å². The number of benzene rings is 1. The van der Waals surface area contributed by atoms with Crippen LogP contribution in [-0.4, -0.2) is 60.5 Å². The molecule has 7 heteroatoms. The summed E-state index contributed by atoms with van der Waals surface area (Å²) in [6.45, 7) is 4.37. The lowest BCUT2D eigenvalue weighted by atomic mass is 9.72. The Hall–Kier alpha value is -2.57. The number of ether oxygens (including phenoxy) is 1. The SMILES string of the molecule is COC(=O)NC(C)C(=O)N1CCC2(CCC(=O)N(Cc3ccccc3)C2)CC1. The summed E-state index contributed by atoms with van der Waals surface area (Å²) in [6.07, 6.45) is 2.61. The molecule has 2 aliphatic heterocycles. The molecule has 0 radical (unpaired) electrons. The Morgan fingerprint density at radius 2 is 1.86 bits per heavy atom. The van der Waals surface area contributed by atoms with Gasteiger partial charge >= 0.3 is 6.09 Å². The van der Waals surface area contributed by atoms with Gasteiger partial charge in [0.1, 0.15) is 6.04 Å². The number of hydrogen-bond acceptors (Lipinski definition) is 4. The van der Waals surface area contributed by atoms with Crippen LogP contribution >= 0.6 is 0 Å². The summed E-state index contributed by atoms with van der Waals surface area (Å²) in [5.74, 6) is 0.122. The number of rotatable bonds is 4. The molecule has 3 amide bonds. The number of nitrogens with zero attached hydrogens (tertiary/aromatic N) is 2. The van der Waals surface area contributed by atoms with Gasteiger partial charge in [0.2, 0.25) is 11.8 Å². The van der Waals surface area contributed by atoms with Crippen LogP contribution in [0.5, 0.6) is 0 Å². The molecule has 28 heavy (non-hydrogen) atoms. The van der Waals surface area contributed by atoms with Crippen molar-refractivity contribution in [1.82, 2.24) is 15.1 Å². The van der Waals surface area contributed by atoms with Crippen LogP contribution in [0.25, 0.3) is 0 Å². The van der Waals surface area contributed by atoms with Gasteiger partial charge < -0.3 is 19.9 Å². The maximum atomic E-state index is 12.6. The highest BCUT2D eigenvalue weighted by atomic mass is 16.5. The van der Waals surface area contributed by atoms with E-state index in [1.54, 1.807) is 6.92 Å². The molecule has 1 spiro atoms. The zero-order chi connectivity index (χ0) is 20.1. The molecule has 1 unspecified atom stereocenters. The largest absolute Gasteiger partial charge is 0.453 e. The molecule has 2 fully saturated rings. The molecule has 0 aromatic heterocycles. The normalized spacial score (nSPS) is 20.0. The number of piperidine rings is 2. The summed E-state index contributed by atoms with van der Waals surface area (Å²) in [7, 11) is 1.28. The average Bonchev–Trinajstić information content (AvgIpc) is 2.71. The van der Waals surface area contributed by atoms with Crippen molar-refractivity contribution < 1.29 is 19.1 Å². The van der Waals surface area contributed by atoms with E-state index in [-0.39, 0.29) is 17.2 Å². The van der Waals surface area contributed by atoms with E-state index in [4.69, 9.17) is 0 Å². The number of carbonyl (C=O) groups is 3. The highest BCUT2D eigenvalue weighted by Crippen LogP contribution is 2.40. The fourth-order valence-corrected chi connectivity index (χ4v) is 4.23. The fourth-order valence-electron chi connectivity index (χ4n) is 4.23. The zero-order valence-corrected chi connectivity index (χ0v) is 16.6. The summed E-state index contributed by atoms with van der Waals surface area (Å²) in [5, 5.41) is 2.53. The topological polar surface area (TPSA) is 79.0 Å². The minimum atomic E-state index is -0.607. The molecule has 3 rings (SSSR count). The zero-order valence-electron chi connectivity index (χ0n) is 16.6. The number of hydrogen-bond donors (Lipinski definition) is 1. The Morgan fingerprint density at radius 3 is 2.50 bits per heavy atom. The molecule has 152 valence electrons. The summed E-state index contributed by atoms with van der Waals surface area (Å²) < 4.78 is 4.56. The maximum absolute atomic E-state index is 12.6. The minimum Gasteiger partial charge on any atom is -0.453 e. The van der Waals surface area contributed by atoms with Crippen molar-refractivity contribution in [1.29, 1.82) is 0 Å². The van der Waals surface area contributed by atoms with E-state index in [2.05, 4.69) is 10.1 Å². The molecule has 0 saturated carbocycles. The number of methoxy groups -OCH3 is 1. The second-order valence-electron chi connectivity index (χ2n) is 7.92. The smallest absolute Gasteiger partial charge is 0.407 e. The van der Waals surface area contributed by atoms with Gasteiger partial charge in [-0.25, -0.2) is 4.79 Å². The van der Waals surface area contributed by atoms with E-state index in [9.17, 15) is 14.4 Å². The molecule has 1 atom stereocenters. The lowest BCUT2D eigenvalue weighted by Crippen LogP contribution is -2.54. The van der Waals surface area contributed by atoms with Crippen LogP contribution in [0.4, 0.5) is 4.79 Å². The van der Waals surface area contributed by atoms with Gasteiger partial charge in [-0.2, -0.15) is 0 Å². The monoisotopic (exact) mass is 387 g/mol. The summed E-state index contributed by atoms with van der Waals surface area (Å²) in [5.41, 5.74) is 1.22. The first-order valence-electron chi connectivity index (χ1n) is 9.87. The van der Waals surface area contributed by atoms with E-state index in [1.807, 2.05) is 40.1 Å². The lowest BCUT2D eigenvalue weighted by molar-refractivity contribution is -0.143. The van der Waals surface area contributed by atoms with Crippen molar-refractivity contribution in [3.8, 4) is 0 Å². The number of nitrogens with one attached hydrogen (secondary N) is 1. The van der Waals surface area contributed by atoms with Gasteiger partial charge in [-0.3, -0.25) is 9.59 Å². The Morgan fingerprint density at radius 1 is 1.18 bits per heavy atom. The van der Waals surface area contributed by atoms with Crippen LogP contribution in [0.1, 0.15) is 38.2 Å². The fraction of sp³-hybridized carbons (Fsp3) is 0.571. The van der Waals surface area contributed by atoms with Crippen LogP contribution in [0.2, 0.25) is 0 Å². The molecule has 1 aromatic rings. The number of amides is 3. The minimum absolute atomic E-state index is 0.0818. The van der Waals surface area contributed by atoms with Gasteiger partial charge in [0.15, 0.2) is 0 Å². The number of carbonyl (C=O) groups excluding carboxylic acids is 3. The van der Waals surface area contributed by atoms with Crippen LogP contribution in [0, 0.1) is 5.41 Å². The average molecular weight is 387 g/mol. The van der Waals surface area contributed by atoms with Crippen molar-refractivity contribution in [3.05, 3.63) is 35.9 Å². The third kappa shape index (κ3) is 4.64. The Labute approximate surface area is 166 Å². The van der Waals surface area contributed by atoms with Crippen molar-refractivity contribution in [2.75, 3.05) is 26.7 Å². The molecule has 2 heterocycles. The maximum Gasteiger partial charge on any atom is 0.407 e. The van der Waals surface area contributed by atoms with E-state index >= 15 is 0 Å². The Kier molecular flexibility index (Phi) is 6.21. The third-order valence-corrected chi connectivity index (χ3v) is 5.99. The van der Waals surface area contributed by atoms with Crippen molar-refractivity contribution in [2.24, 2.45) is 5.41 Å². The van der Waals surface area contributed by atoms with E-state index in [0.717, 1.165) is 31.4 Å². The number of alkyl carbamates (subject to hydrolysis) is 1. The molecule has 1 N–H and O–H groups in total. The van der Waals surface area contributed by atoms with Crippen molar-refractivity contribution in [2.45, 2.75) is 45.2 Å². The lowest BCUT2D eigenvalue weighted by Gasteiger charge is -2.47. The first-order chi connectivity index (χ1) is 13.4. The summed E-state index contributed by atoms with van der Waals surface area (Å²) >= 11 is 0. The molecular formula is C21H29N3O4. The molecule has 0 aliphatic carbocycles. The quantitative estimate of drug-likeness (QED) is 0.859.